The van der Waals surface area contributed by atoms with Crippen molar-refractivity contribution in [3.8, 4) is 28.0 Å². The molecule has 0 atom stereocenters. The van der Waals surface area contributed by atoms with E-state index in [1.807, 2.05) is 36.4 Å². The molecule has 0 amide bonds. The van der Waals surface area contributed by atoms with Crippen molar-refractivity contribution in [3.05, 3.63) is 77.9 Å². The lowest BCUT2D eigenvalue weighted by atomic mass is 9.97. The predicted molar refractivity (Wildman–Crippen MR) is 121 cm³/mol. The predicted octanol–water partition coefficient (Wildman–Crippen LogP) is 8.21. The summed E-state index contributed by atoms with van der Waals surface area (Å²) >= 11 is 0. The van der Waals surface area contributed by atoms with Gasteiger partial charge in [-0.15, -0.1) is 0 Å². The normalized spacial score (nSPS) is 10.9. The number of aryl methyl sites for hydroxylation is 1. The van der Waals surface area contributed by atoms with Crippen LogP contribution in [0.2, 0.25) is 0 Å². The molecule has 3 rings (SSSR count). The van der Waals surface area contributed by atoms with Gasteiger partial charge in [-0.3, -0.25) is 0 Å². The SMILES string of the molecule is CCCCCCOc1ccc(-c2ccc(-c3ccc(CCC)cc3)c(F)c2F)cc1. The molecule has 0 bridgehead atoms. The van der Waals surface area contributed by atoms with Gasteiger partial charge in [0.25, 0.3) is 0 Å². The van der Waals surface area contributed by atoms with E-state index in [0.29, 0.717) is 17.7 Å². The Morgan fingerprint density at radius 3 is 1.73 bits per heavy atom. The highest BCUT2D eigenvalue weighted by atomic mass is 19.2. The molecule has 0 aliphatic carbocycles. The Morgan fingerprint density at radius 2 is 1.20 bits per heavy atom. The quantitative estimate of drug-likeness (QED) is 0.307. The maximum absolute atomic E-state index is 14.8. The minimum Gasteiger partial charge on any atom is -0.494 e. The summed E-state index contributed by atoms with van der Waals surface area (Å²) in [5, 5.41) is 0. The molecule has 0 aromatic heterocycles. The van der Waals surface area contributed by atoms with Crippen molar-refractivity contribution >= 4 is 0 Å². The fraction of sp³-hybridized carbons (Fsp3) is 0.333. The summed E-state index contributed by atoms with van der Waals surface area (Å²) in [5.74, 6) is -0.884. The Bertz CT molecular complexity index is 930. The first-order chi connectivity index (χ1) is 14.6. The topological polar surface area (TPSA) is 9.23 Å². The van der Waals surface area contributed by atoms with Crippen molar-refractivity contribution in [1.29, 1.82) is 0 Å². The largest absolute Gasteiger partial charge is 0.494 e. The summed E-state index contributed by atoms with van der Waals surface area (Å²) in [6.45, 7) is 4.97. The number of benzene rings is 3. The molecule has 0 saturated heterocycles. The van der Waals surface area contributed by atoms with E-state index in [1.165, 1.54) is 18.4 Å². The first-order valence-corrected chi connectivity index (χ1v) is 10.9. The van der Waals surface area contributed by atoms with Crippen LogP contribution in [-0.2, 0) is 6.42 Å². The molecular weight excluding hydrogens is 378 g/mol. The molecule has 158 valence electrons. The van der Waals surface area contributed by atoms with Gasteiger partial charge in [0, 0.05) is 11.1 Å². The van der Waals surface area contributed by atoms with E-state index in [1.54, 1.807) is 24.3 Å². The number of hydrogen-bond donors (Lipinski definition) is 0. The summed E-state index contributed by atoms with van der Waals surface area (Å²) in [6.07, 6.45) is 6.63. The van der Waals surface area contributed by atoms with Gasteiger partial charge in [0.15, 0.2) is 11.6 Å². The smallest absolute Gasteiger partial charge is 0.167 e. The zero-order valence-electron chi connectivity index (χ0n) is 17.9. The van der Waals surface area contributed by atoms with Crippen LogP contribution in [0.4, 0.5) is 8.78 Å². The van der Waals surface area contributed by atoms with E-state index >= 15 is 0 Å². The molecule has 0 aliphatic heterocycles. The van der Waals surface area contributed by atoms with Gasteiger partial charge in [-0.05, 0) is 41.7 Å². The number of ether oxygens (including phenoxy) is 1. The van der Waals surface area contributed by atoms with Crippen LogP contribution in [0.5, 0.6) is 5.75 Å². The molecule has 3 aromatic rings. The number of halogens is 2. The standard InChI is InChI=1S/C27H30F2O/c1-3-5-6-7-19-30-23-15-13-22(14-16-23)25-18-17-24(26(28)27(25)29)21-11-9-20(8-4-2)10-12-21/h9-18H,3-8,19H2,1-2H3. The van der Waals surface area contributed by atoms with Crippen molar-refractivity contribution in [2.75, 3.05) is 6.61 Å². The Balaban J connectivity index is 1.73. The van der Waals surface area contributed by atoms with Gasteiger partial charge in [0.05, 0.1) is 6.61 Å². The molecule has 0 N–H and O–H groups in total. The van der Waals surface area contributed by atoms with Crippen LogP contribution in [0.15, 0.2) is 60.7 Å². The maximum Gasteiger partial charge on any atom is 0.167 e. The van der Waals surface area contributed by atoms with Gasteiger partial charge in [0.2, 0.25) is 0 Å². The molecule has 0 heterocycles. The minimum absolute atomic E-state index is 0.258. The van der Waals surface area contributed by atoms with E-state index in [-0.39, 0.29) is 11.1 Å². The van der Waals surface area contributed by atoms with Crippen LogP contribution in [0.1, 0.15) is 51.5 Å². The highest BCUT2D eigenvalue weighted by molar-refractivity contribution is 5.72. The fourth-order valence-corrected chi connectivity index (χ4v) is 3.58. The van der Waals surface area contributed by atoms with Crippen molar-refractivity contribution in [1.82, 2.24) is 0 Å². The molecule has 0 aliphatic rings. The van der Waals surface area contributed by atoms with E-state index in [9.17, 15) is 8.78 Å². The van der Waals surface area contributed by atoms with Crippen molar-refractivity contribution in [2.45, 2.75) is 52.4 Å². The van der Waals surface area contributed by atoms with Crippen molar-refractivity contribution < 1.29 is 13.5 Å². The van der Waals surface area contributed by atoms with Gasteiger partial charge in [-0.1, -0.05) is 88.1 Å². The second-order valence-electron chi connectivity index (χ2n) is 7.67. The third-order valence-corrected chi connectivity index (χ3v) is 5.32. The van der Waals surface area contributed by atoms with Crippen LogP contribution in [-0.4, -0.2) is 6.61 Å². The third-order valence-electron chi connectivity index (χ3n) is 5.32. The van der Waals surface area contributed by atoms with Crippen LogP contribution in [0, 0.1) is 11.6 Å². The zero-order chi connectivity index (χ0) is 21.3. The molecule has 0 unspecified atom stereocenters. The Hall–Kier alpha value is -2.68. The molecular formula is C27H30F2O. The highest BCUT2D eigenvalue weighted by Crippen LogP contribution is 2.32. The number of rotatable bonds is 10. The van der Waals surface area contributed by atoms with Gasteiger partial charge in [0.1, 0.15) is 5.75 Å². The first kappa shape index (κ1) is 22.0. The van der Waals surface area contributed by atoms with Gasteiger partial charge in [-0.25, -0.2) is 8.78 Å². The molecule has 0 radical (unpaired) electrons. The van der Waals surface area contributed by atoms with E-state index < -0.39 is 11.6 Å². The van der Waals surface area contributed by atoms with Crippen LogP contribution in [0.25, 0.3) is 22.3 Å². The number of hydrogen-bond acceptors (Lipinski definition) is 1. The zero-order valence-corrected chi connectivity index (χ0v) is 17.9. The Morgan fingerprint density at radius 1 is 0.633 bits per heavy atom. The molecule has 0 spiro atoms. The second kappa shape index (κ2) is 10.9. The summed E-state index contributed by atoms with van der Waals surface area (Å²) in [7, 11) is 0. The first-order valence-electron chi connectivity index (χ1n) is 10.9. The van der Waals surface area contributed by atoms with E-state index in [0.717, 1.165) is 31.4 Å². The lowest BCUT2D eigenvalue weighted by molar-refractivity contribution is 0.305. The van der Waals surface area contributed by atoms with Crippen LogP contribution >= 0.6 is 0 Å². The van der Waals surface area contributed by atoms with Gasteiger partial charge >= 0.3 is 0 Å². The lowest BCUT2D eigenvalue weighted by Crippen LogP contribution is -1.97. The average Bonchev–Trinajstić information content (AvgIpc) is 2.77. The monoisotopic (exact) mass is 408 g/mol. The van der Waals surface area contributed by atoms with Crippen molar-refractivity contribution in [2.24, 2.45) is 0 Å². The summed E-state index contributed by atoms with van der Waals surface area (Å²) in [4.78, 5) is 0. The second-order valence-corrected chi connectivity index (χ2v) is 7.67. The average molecular weight is 409 g/mol. The summed E-state index contributed by atoms with van der Waals surface area (Å²) < 4.78 is 35.4. The summed E-state index contributed by atoms with van der Waals surface area (Å²) in [5.41, 5.74) is 3.06. The number of unbranched alkanes of at least 4 members (excludes halogenated alkanes) is 3. The molecule has 1 nitrogen and oxygen atoms in total. The Kier molecular flexibility index (Phi) is 8.01. The lowest BCUT2D eigenvalue weighted by Gasteiger charge is -2.11. The van der Waals surface area contributed by atoms with Gasteiger partial charge in [-0.2, -0.15) is 0 Å². The van der Waals surface area contributed by atoms with Crippen molar-refractivity contribution in [3.63, 3.8) is 0 Å². The van der Waals surface area contributed by atoms with Gasteiger partial charge < -0.3 is 4.74 Å². The molecule has 0 saturated carbocycles. The highest BCUT2D eigenvalue weighted by Gasteiger charge is 2.16. The minimum atomic E-state index is -0.821. The molecule has 0 fully saturated rings. The van der Waals surface area contributed by atoms with E-state index in [2.05, 4.69) is 13.8 Å². The van der Waals surface area contributed by atoms with Crippen LogP contribution < -0.4 is 4.74 Å². The third kappa shape index (κ3) is 5.47. The molecule has 30 heavy (non-hydrogen) atoms. The molecule has 3 aromatic carbocycles. The Labute approximate surface area is 178 Å². The maximum atomic E-state index is 14.8. The van der Waals surface area contributed by atoms with Crippen LogP contribution in [0.3, 0.4) is 0 Å². The van der Waals surface area contributed by atoms with E-state index in [4.69, 9.17) is 4.74 Å². The fourth-order valence-electron chi connectivity index (χ4n) is 3.58. The summed E-state index contributed by atoms with van der Waals surface area (Å²) in [6, 6.07) is 18.1. The molecule has 3 heteroatoms.